The monoisotopic (exact) mass is 203 g/mol. The van der Waals surface area contributed by atoms with Gasteiger partial charge in [-0.15, -0.1) is 0 Å². The number of carbonyl (C=O) groups is 1. The number of imidazole rings is 1. The quantitative estimate of drug-likeness (QED) is 0.661. The topological polar surface area (TPSA) is 81.8 Å². The summed E-state index contributed by atoms with van der Waals surface area (Å²) in [4.78, 5) is 20.2. The Morgan fingerprint density at radius 3 is 3.07 bits per heavy atom. The van der Waals surface area contributed by atoms with Crippen LogP contribution in [0.1, 0.15) is 5.82 Å². The van der Waals surface area contributed by atoms with Gasteiger partial charge in [-0.2, -0.15) is 0 Å². The molecule has 0 atom stereocenters. The number of rotatable bonds is 3. The van der Waals surface area contributed by atoms with Crippen LogP contribution >= 0.6 is 0 Å². The summed E-state index contributed by atoms with van der Waals surface area (Å²) >= 11 is 0. The van der Waals surface area contributed by atoms with Gasteiger partial charge in [-0.1, -0.05) is 0 Å². The minimum Gasteiger partial charge on any atom is -0.478 e. The zero-order valence-electron chi connectivity index (χ0n) is 7.77. The molecule has 3 N–H and O–H groups in total. The van der Waals surface area contributed by atoms with Crippen LogP contribution in [0, 0.1) is 0 Å². The molecule has 0 bridgehead atoms. The molecule has 0 aliphatic heterocycles. The van der Waals surface area contributed by atoms with Crippen molar-refractivity contribution in [2.45, 2.75) is 0 Å². The Morgan fingerprint density at radius 2 is 2.40 bits per heavy atom. The van der Waals surface area contributed by atoms with Gasteiger partial charge >= 0.3 is 5.97 Å². The third-order valence-electron chi connectivity index (χ3n) is 1.89. The van der Waals surface area contributed by atoms with Crippen molar-refractivity contribution in [3.05, 3.63) is 36.6 Å². The number of nitrogens with one attached hydrogen (secondary N) is 2. The van der Waals surface area contributed by atoms with E-state index in [0.29, 0.717) is 5.82 Å². The van der Waals surface area contributed by atoms with E-state index in [0.717, 1.165) is 17.3 Å². The number of hydrogen-bond acceptors (Lipinski definition) is 2. The van der Waals surface area contributed by atoms with E-state index in [2.05, 4.69) is 15.0 Å². The van der Waals surface area contributed by atoms with Gasteiger partial charge in [-0.3, -0.25) is 0 Å². The number of carboxylic acids is 1. The summed E-state index contributed by atoms with van der Waals surface area (Å²) in [5.74, 6) is -0.469. The van der Waals surface area contributed by atoms with E-state index in [4.69, 9.17) is 5.11 Å². The Morgan fingerprint density at radius 1 is 1.53 bits per heavy atom. The number of H-pyrrole nitrogens is 2. The molecule has 0 radical (unpaired) electrons. The van der Waals surface area contributed by atoms with Crippen molar-refractivity contribution in [1.29, 1.82) is 0 Å². The van der Waals surface area contributed by atoms with E-state index in [1.165, 1.54) is 6.08 Å². The van der Waals surface area contributed by atoms with E-state index in [1.54, 1.807) is 6.20 Å². The highest BCUT2D eigenvalue weighted by molar-refractivity contribution is 5.84. The molecule has 5 heteroatoms. The standard InChI is InChI=1S/C10H9N3O2/c14-10(15)2-1-9-12-6-8(13-9)7-3-4-11-5-7/h1-6,11H,(H,12,13)(H,14,15)/b2-1+. The van der Waals surface area contributed by atoms with Crippen LogP contribution in [-0.4, -0.2) is 26.0 Å². The van der Waals surface area contributed by atoms with Gasteiger partial charge in [0.1, 0.15) is 5.82 Å². The lowest BCUT2D eigenvalue weighted by Gasteiger charge is -1.88. The van der Waals surface area contributed by atoms with Crippen molar-refractivity contribution in [2.24, 2.45) is 0 Å². The molecule has 0 spiro atoms. The Balaban J connectivity index is 2.21. The van der Waals surface area contributed by atoms with Crippen LogP contribution in [0.5, 0.6) is 0 Å². The molecule has 2 aromatic rings. The molecule has 15 heavy (non-hydrogen) atoms. The molecular formula is C10H9N3O2. The summed E-state index contributed by atoms with van der Waals surface area (Å²) in [7, 11) is 0. The fourth-order valence-corrected chi connectivity index (χ4v) is 1.21. The molecule has 2 heterocycles. The molecule has 2 rings (SSSR count). The molecular weight excluding hydrogens is 194 g/mol. The molecule has 0 aliphatic rings. The molecule has 0 saturated heterocycles. The summed E-state index contributed by atoms with van der Waals surface area (Å²) < 4.78 is 0. The van der Waals surface area contributed by atoms with Gasteiger partial charge in [0.2, 0.25) is 0 Å². The minimum atomic E-state index is -0.991. The second kappa shape index (κ2) is 3.83. The lowest BCUT2D eigenvalue weighted by molar-refractivity contribution is -0.131. The predicted molar refractivity (Wildman–Crippen MR) is 55.0 cm³/mol. The SMILES string of the molecule is O=C(O)/C=C/c1ncc(-c2cc[nH]c2)[nH]1. The van der Waals surface area contributed by atoms with E-state index in [1.807, 2.05) is 18.5 Å². The lowest BCUT2D eigenvalue weighted by Crippen LogP contribution is -1.86. The lowest BCUT2D eigenvalue weighted by atomic mass is 10.3. The van der Waals surface area contributed by atoms with Gasteiger partial charge < -0.3 is 15.1 Å². The normalized spacial score (nSPS) is 10.9. The molecule has 0 amide bonds. The molecule has 0 aromatic carbocycles. The van der Waals surface area contributed by atoms with Crippen LogP contribution in [0.15, 0.2) is 30.7 Å². The van der Waals surface area contributed by atoms with Crippen LogP contribution in [0.25, 0.3) is 17.3 Å². The van der Waals surface area contributed by atoms with Gasteiger partial charge in [0.15, 0.2) is 0 Å². The van der Waals surface area contributed by atoms with Crippen LogP contribution in [0.3, 0.4) is 0 Å². The zero-order chi connectivity index (χ0) is 10.7. The van der Waals surface area contributed by atoms with Crippen LogP contribution in [-0.2, 0) is 4.79 Å². The fraction of sp³-hybridized carbons (Fsp3) is 0. The van der Waals surface area contributed by atoms with E-state index in [-0.39, 0.29) is 0 Å². The van der Waals surface area contributed by atoms with Crippen molar-refractivity contribution in [3.63, 3.8) is 0 Å². The highest BCUT2D eigenvalue weighted by atomic mass is 16.4. The van der Waals surface area contributed by atoms with Crippen molar-refractivity contribution in [1.82, 2.24) is 15.0 Å². The van der Waals surface area contributed by atoms with E-state index < -0.39 is 5.97 Å². The third kappa shape index (κ3) is 2.14. The van der Waals surface area contributed by atoms with Gasteiger partial charge in [-0.25, -0.2) is 9.78 Å². The number of hydrogen-bond donors (Lipinski definition) is 3. The number of carboxylic acid groups (broad SMARTS) is 1. The number of aliphatic carboxylic acids is 1. The maximum Gasteiger partial charge on any atom is 0.328 e. The van der Waals surface area contributed by atoms with E-state index >= 15 is 0 Å². The molecule has 0 fully saturated rings. The van der Waals surface area contributed by atoms with Gasteiger partial charge in [-0.05, 0) is 12.1 Å². The number of nitrogens with zero attached hydrogens (tertiary/aromatic N) is 1. The van der Waals surface area contributed by atoms with E-state index in [9.17, 15) is 4.79 Å². The number of aromatic amines is 2. The number of aromatic nitrogens is 3. The average Bonchev–Trinajstić information content (AvgIpc) is 2.85. The summed E-state index contributed by atoms with van der Waals surface area (Å²) in [5.41, 5.74) is 1.83. The maximum atomic E-state index is 10.3. The smallest absolute Gasteiger partial charge is 0.328 e. The highest BCUT2D eigenvalue weighted by Gasteiger charge is 2.01. The maximum absolute atomic E-state index is 10.3. The Kier molecular flexibility index (Phi) is 2.37. The summed E-state index contributed by atoms with van der Waals surface area (Å²) in [6.07, 6.45) is 7.75. The Labute approximate surface area is 85.5 Å². The van der Waals surface area contributed by atoms with Crippen molar-refractivity contribution in [3.8, 4) is 11.3 Å². The fourth-order valence-electron chi connectivity index (χ4n) is 1.21. The zero-order valence-corrected chi connectivity index (χ0v) is 7.77. The summed E-state index contributed by atoms with van der Waals surface area (Å²) in [6, 6.07) is 1.90. The summed E-state index contributed by atoms with van der Waals surface area (Å²) in [5, 5.41) is 8.43. The first-order valence-electron chi connectivity index (χ1n) is 4.35. The first-order chi connectivity index (χ1) is 7.25. The summed E-state index contributed by atoms with van der Waals surface area (Å²) in [6.45, 7) is 0. The minimum absolute atomic E-state index is 0.522. The second-order valence-electron chi connectivity index (χ2n) is 2.95. The van der Waals surface area contributed by atoms with Gasteiger partial charge in [0.25, 0.3) is 0 Å². The van der Waals surface area contributed by atoms with Crippen molar-refractivity contribution in [2.75, 3.05) is 0 Å². The Bertz CT molecular complexity index is 483. The van der Waals surface area contributed by atoms with Gasteiger partial charge in [0.05, 0.1) is 11.9 Å². The predicted octanol–water partition coefficient (Wildman–Crippen LogP) is 1.50. The largest absolute Gasteiger partial charge is 0.478 e. The molecule has 76 valence electrons. The molecule has 5 nitrogen and oxygen atoms in total. The van der Waals surface area contributed by atoms with Crippen LogP contribution in [0.4, 0.5) is 0 Å². The second-order valence-corrected chi connectivity index (χ2v) is 2.95. The molecule has 0 unspecified atom stereocenters. The first kappa shape index (κ1) is 9.26. The van der Waals surface area contributed by atoms with Gasteiger partial charge in [0, 0.05) is 24.0 Å². The molecule has 0 aliphatic carbocycles. The average molecular weight is 203 g/mol. The Hall–Kier alpha value is -2.30. The van der Waals surface area contributed by atoms with Crippen molar-refractivity contribution >= 4 is 12.0 Å². The molecule has 0 saturated carbocycles. The highest BCUT2D eigenvalue weighted by Crippen LogP contribution is 2.15. The van der Waals surface area contributed by atoms with Crippen LogP contribution < -0.4 is 0 Å². The first-order valence-corrected chi connectivity index (χ1v) is 4.35. The van der Waals surface area contributed by atoms with Crippen LogP contribution in [0.2, 0.25) is 0 Å². The third-order valence-corrected chi connectivity index (χ3v) is 1.89. The molecule has 2 aromatic heterocycles. The van der Waals surface area contributed by atoms with Crippen molar-refractivity contribution < 1.29 is 9.90 Å².